The van der Waals surface area contributed by atoms with E-state index >= 15 is 0 Å². The maximum absolute atomic E-state index is 12.5. The number of thiocarbonyl (C=S) groups is 1. The van der Waals surface area contributed by atoms with Gasteiger partial charge in [-0.15, -0.1) is 5.10 Å². The first-order valence-corrected chi connectivity index (χ1v) is 6.90. The summed E-state index contributed by atoms with van der Waals surface area (Å²) in [5, 5.41) is 54.1. The minimum Gasteiger partial charge on any atom is -0.394 e. The van der Waals surface area contributed by atoms with Crippen LogP contribution in [0.3, 0.4) is 0 Å². The first-order chi connectivity index (χ1) is 11.3. The molecule has 2 heterocycles. The van der Waals surface area contributed by atoms with Crippen LogP contribution in [0, 0.1) is 16.7 Å². The predicted octanol–water partition coefficient (Wildman–Crippen LogP) is -3.20. The Morgan fingerprint density at radius 2 is 2.21 bits per heavy atom. The van der Waals surface area contributed by atoms with Gasteiger partial charge in [0, 0.05) is 0 Å². The van der Waals surface area contributed by atoms with E-state index < -0.39 is 53.8 Å². The fourth-order valence-corrected chi connectivity index (χ4v) is 2.21. The van der Waals surface area contributed by atoms with Crippen molar-refractivity contribution in [2.45, 2.75) is 24.5 Å². The van der Waals surface area contributed by atoms with Crippen molar-refractivity contribution in [3.8, 4) is 6.07 Å². The molecule has 4 atom stereocenters. The van der Waals surface area contributed by atoms with Gasteiger partial charge in [0.1, 0.15) is 30.1 Å². The molecule has 0 aliphatic carbocycles. The molecule has 12 nitrogen and oxygen atoms in total. The average molecular weight is 355 g/mol. The third-order valence-corrected chi connectivity index (χ3v) is 3.36. The largest absolute Gasteiger partial charge is 0.394 e. The van der Waals surface area contributed by atoms with Gasteiger partial charge in [0.2, 0.25) is 0 Å². The number of ether oxygens (including phenoxy) is 1. The fraction of sp³-hybridized carbons (Fsp3) is 0.455. The number of hydrogen-bond acceptors (Lipinski definition) is 10. The quantitative estimate of drug-likeness (QED) is 0.234. The summed E-state index contributed by atoms with van der Waals surface area (Å²) < 4.78 is 5.78. The van der Waals surface area contributed by atoms with Gasteiger partial charge >= 0.3 is 0 Å². The lowest BCUT2D eigenvalue weighted by molar-refractivity contribution is -0.0621. The fourth-order valence-electron chi connectivity index (χ4n) is 2.11. The van der Waals surface area contributed by atoms with Crippen molar-refractivity contribution in [2.24, 2.45) is 5.73 Å². The number of nitrogens with two attached hydrogens (primary N) is 1. The Hall–Kier alpha value is -2.50. The molecule has 13 heteroatoms. The van der Waals surface area contributed by atoms with Crippen LogP contribution in [0.2, 0.25) is 0 Å². The summed E-state index contributed by atoms with van der Waals surface area (Å²) in [5.74, 6) is 0. The van der Waals surface area contributed by atoms with Crippen molar-refractivity contribution in [1.29, 1.82) is 10.7 Å². The number of hydrogen-bond donors (Lipinski definition) is 6. The Morgan fingerprint density at radius 1 is 1.54 bits per heavy atom. The highest BCUT2D eigenvalue weighted by Crippen LogP contribution is 2.27. The number of aliphatic hydroxyl groups excluding tert-OH is 3. The van der Waals surface area contributed by atoms with Crippen LogP contribution in [-0.2, 0) is 4.74 Å². The lowest BCUT2D eigenvalue weighted by Gasteiger charge is -2.17. The zero-order valence-corrected chi connectivity index (χ0v) is 12.8. The van der Waals surface area contributed by atoms with E-state index in [-0.39, 0.29) is 5.11 Å². The summed E-state index contributed by atoms with van der Waals surface area (Å²) in [5.41, 5.74) is 2.92. The van der Waals surface area contributed by atoms with Crippen molar-refractivity contribution in [3.63, 3.8) is 0 Å². The number of anilines is 1. The van der Waals surface area contributed by atoms with Crippen LogP contribution in [0.25, 0.3) is 0 Å². The molecule has 0 aromatic carbocycles. The van der Waals surface area contributed by atoms with Crippen LogP contribution in [0.5, 0.6) is 0 Å². The molecule has 0 saturated carbocycles. The third-order valence-electron chi connectivity index (χ3n) is 3.25. The second-order valence-electron chi connectivity index (χ2n) is 4.77. The molecule has 7 N–H and O–H groups in total. The van der Waals surface area contributed by atoms with E-state index in [2.05, 4.69) is 27.8 Å². The van der Waals surface area contributed by atoms with E-state index in [0.29, 0.717) is 4.68 Å². The van der Waals surface area contributed by atoms with Crippen LogP contribution < -0.4 is 16.6 Å². The Morgan fingerprint density at radius 3 is 2.71 bits per heavy atom. The predicted molar refractivity (Wildman–Crippen MR) is 82.2 cm³/mol. The average Bonchev–Trinajstić information content (AvgIpc) is 2.83. The topological polar surface area (TPSA) is 203 Å². The smallest absolute Gasteiger partial charge is 0.296 e. The molecule has 1 aromatic heterocycles. The van der Waals surface area contributed by atoms with Crippen molar-refractivity contribution >= 4 is 28.7 Å². The van der Waals surface area contributed by atoms with E-state index in [1.54, 1.807) is 0 Å². The first-order valence-electron chi connectivity index (χ1n) is 6.49. The number of aliphatic hydroxyl groups is 3. The van der Waals surface area contributed by atoms with Crippen molar-refractivity contribution < 1.29 is 20.1 Å². The molecule has 24 heavy (non-hydrogen) atoms. The number of nitriles is 1. The second-order valence-corrected chi connectivity index (χ2v) is 5.21. The third kappa shape index (κ3) is 3.09. The van der Waals surface area contributed by atoms with Gasteiger partial charge in [0.05, 0.1) is 6.61 Å². The molecule has 1 fully saturated rings. The molecule has 1 aromatic rings. The van der Waals surface area contributed by atoms with Crippen LogP contribution >= 0.6 is 12.2 Å². The molecule has 2 rings (SSSR count). The molecule has 1 aliphatic heterocycles. The molecule has 0 spiro atoms. The van der Waals surface area contributed by atoms with Gasteiger partial charge in [-0.1, -0.05) is 5.21 Å². The zero-order chi connectivity index (χ0) is 18.0. The van der Waals surface area contributed by atoms with Gasteiger partial charge in [-0.2, -0.15) is 9.94 Å². The molecule has 0 bridgehead atoms. The maximum Gasteiger partial charge on any atom is 0.296 e. The van der Waals surface area contributed by atoms with Crippen LogP contribution in [0.15, 0.2) is 4.79 Å². The Kier molecular flexibility index (Phi) is 5.17. The molecule has 0 amide bonds. The second kappa shape index (κ2) is 6.95. The van der Waals surface area contributed by atoms with Crippen LogP contribution in [0.1, 0.15) is 11.9 Å². The Labute approximate surface area is 139 Å². The van der Waals surface area contributed by atoms with Gasteiger partial charge in [-0.05, 0) is 12.2 Å². The van der Waals surface area contributed by atoms with Gasteiger partial charge < -0.3 is 31.1 Å². The minimum absolute atomic E-state index is 0.320. The standard InChI is InChI=1S/C11H13N7O5S/c12-1-3(13)5-6(15-11(14)24)9(22)18(17-16-5)10-8(21)7(20)4(2-19)23-10/h4,7-8,10,13,19-21H,2H2,(H3,14,15,24). The normalized spacial score (nSPS) is 25.9. The number of aromatic nitrogens is 3. The van der Waals surface area contributed by atoms with Gasteiger partial charge in [-0.3, -0.25) is 10.2 Å². The number of rotatable bonds is 4. The van der Waals surface area contributed by atoms with Gasteiger partial charge in [0.25, 0.3) is 5.56 Å². The summed E-state index contributed by atoms with van der Waals surface area (Å²) in [6.07, 6.45) is -5.57. The van der Waals surface area contributed by atoms with Gasteiger partial charge in [0.15, 0.2) is 22.7 Å². The monoisotopic (exact) mass is 355 g/mol. The lowest BCUT2D eigenvalue weighted by Crippen LogP contribution is -2.39. The number of nitrogens with one attached hydrogen (secondary N) is 2. The molecule has 0 radical (unpaired) electrons. The zero-order valence-electron chi connectivity index (χ0n) is 11.9. The Balaban J connectivity index is 2.54. The summed E-state index contributed by atoms with van der Waals surface area (Å²) in [6.45, 7) is -0.591. The molecular weight excluding hydrogens is 342 g/mol. The molecule has 1 aliphatic rings. The number of nitrogens with zero attached hydrogens (tertiary/aromatic N) is 4. The first kappa shape index (κ1) is 17.8. The molecule has 1 saturated heterocycles. The molecular formula is C11H13N7O5S. The SMILES string of the molecule is N#CC(=N)c1nnn(C2OC(CO)C(O)C2O)c(=O)c1NC(N)=S. The van der Waals surface area contributed by atoms with E-state index in [1.165, 1.54) is 6.07 Å². The maximum atomic E-state index is 12.5. The van der Waals surface area contributed by atoms with Gasteiger partial charge in [-0.25, -0.2) is 0 Å². The van der Waals surface area contributed by atoms with Crippen molar-refractivity contribution in [3.05, 3.63) is 16.0 Å². The van der Waals surface area contributed by atoms with E-state index in [1.807, 2.05) is 0 Å². The van der Waals surface area contributed by atoms with E-state index in [0.717, 1.165) is 0 Å². The Bertz CT molecular complexity index is 775. The minimum atomic E-state index is -1.56. The summed E-state index contributed by atoms with van der Waals surface area (Å²) >= 11 is 4.64. The van der Waals surface area contributed by atoms with Crippen LogP contribution in [-0.4, -0.2) is 66.1 Å². The highest BCUT2D eigenvalue weighted by Gasteiger charge is 2.44. The summed E-state index contributed by atoms with van der Waals surface area (Å²) in [7, 11) is 0. The summed E-state index contributed by atoms with van der Waals surface area (Å²) in [4.78, 5) is 12.5. The molecule has 128 valence electrons. The van der Waals surface area contributed by atoms with E-state index in [9.17, 15) is 15.0 Å². The molecule has 4 unspecified atom stereocenters. The van der Waals surface area contributed by atoms with Crippen molar-refractivity contribution in [2.75, 3.05) is 11.9 Å². The highest BCUT2D eigenvalue weighted by atomic mass is 32.1. The van der Waals surface area contributed by atoms with Crippen molar-refractivity contribution in [1.82, 2.24) is 15.0 Å². The summed E-state index contributed by atoms with van der Waals surface area (Å²) in [6, 6.07) is 1.50. The lowest BCUT2D eigenvalue weighted by atomic mass is 10.1. The highest BCUT2D eigenvalue weighted by molar-refractivity contribution is 7.80. The van der Waals surface area contributed by atoms with Crippen LogP contribution in [0.4, 0.5) is 5.69 Å². The van der Waals surface area contributed by atoms with E-state index in [4.69, 9.17) is 26.2 Å².